The Morgan fingerprint density at radius 3 is 2.84 bits per heavy atom. The molecule has 3 N–H and O–H groups in total. The third-order valence-corrected chi connectivity index (χ3v) is 6.02. The number of nitrogens with one attached hydrogen (secondary N) is 1. The van der Waals surface area contributed by atoms with Crippen LogP contribution in [-0.4, -0.2) is 47.0 Å². The molecule has 1 saturated heterocycles. The molecule has 2 aliphatic rings. The maximum absolute atomic E-state index is 12.3. The van der Waals surface area contributed by atoms with Crippen LogP contribution in [0.25, 0.3) is 0 Å². The SMILES string of the molecule is CCCCOc1nc(N)c2c(n1)N(Cc1cccc(C(C)N3CCCC3)c1)CC(=O)N2. The van der Waals surface area contributed by atoms with Crippen LogP contribution < -0.4 is 20.7 Å². The fourth-order valence-corrected chi connectivity index (χ4v) is 4.24. The summed E-state index contributed by atoms with van der Waals surface area (Å²) in [6.07, 6.45) is 4.48. The summed E-state index contributed by atoms with van der Waals surface area (Å²) in [7, 11) is 0. The van der Waals surface area contributed by atoms with Crippen LogP contribution in [0.1, 0.15) is 56.7 Å². The van der Waals surface area contributed by atoms with E-state index >= 15 is 0 Å². The van der Waals surface area contributed by atoms with Crippen molar-refractivity contribution >= 4 is 23.2 Å². The van der Waals surface area contributed by atoms with E-state index in [1.54, 1.807) is 0 Å². The van der Waals surface area contributed by atoms with Gasteiger partial charge in [0.05, 0.1) is 13.2 Å². The molecule has 0 aliphatic carbocycles. The highest BCUT2D eigenvalue weighted by atomic mass is 16.5. The molecule has 4 rings (SSSR count). The zero-order valence-corrected chi connectivity index (χ0v) is 18.4. The summed E-state index contributed by atoms with van der Waals surface area (Å²) in [5.74, 6) is 0.714. The molecule has 2 aromatic rings. The standard InChI is InChI=1S/C23H32N6O2/c1-3-4-12-31-23-26-21(24)20-22(27-23)29(15-19(30)25-20)14-17-8-7-9-18(13-17)16(2)28-10-5-6-11-28/h7-9,13,16H,3-6,10-12,14-15H2,1-2H3,(H,25,30)(H2,24,26,27). The molecule has 166 valence electrons. The maximum Gasteiger partial charge on any atom is 0.320 e. The van der Waals surface area contributed by atoms with Crippen molar-refractivity contribution in [1.29, 1.82) is 0 Å². The average Bonchev–Trinajstić information content (AvgIpc) is 3.29. The summed E-state index contributed by atoms with van der Waals surface area (Å²) < 4.78 is 5.68. The van der Waals surface area contributed by atoms with Crippen molar-refractivity contribution in [1.82, 2.24) is 14.9 Å². The Morgan fingerprint density at radius 2 is 2.06 bits per heavy atom. The third-order valence-electron chi connectivity index (χ3n) is 6.02. The van der Waals surface area contributed by atoms with Crippen LogP contribution >= 0.6 is 0 Å². The number of hydrogen-bond donors (Lipinski definition) is 2. The summed E-state index contributed by atoms with van der Waals surface area (Å²) in [6.45, 7) is 7.99. The average molecular weight is 425 g/mol. The number of hydrogen-bond acceptors (Lipinski definition) is 7. The maximum atomic E-state index is 12.3. The fraction of sp³-hybridized carbons (Fsp3) is 0.522. The molecular weight excluding hydrogens is 392 g/mol. The first-order valence-corrected chi connectivity index (χ1v) is 11.2. The Morgan fingerprint density at radius 1 is 1.26 bits per heavy atom. The summed E-state index contributed by atoms with van der Waals surface area (Å²) in [5.41, 5.74) is 9.01. The van der Waals surface area contributed by atoms with Crippen LogP contribution in [0.3, 0.4) is 0 Å². The first-order valence-electron chi connectivity index (χ1n) is 11.2. The second kappa shape index (κ2) is 9.51. The van der Waals surface area contributed by atoms with Crippen molar-refractivity contribution < 1.29 is 9.53 Å². The highest BCUT2D eigenvalue weighted by molar-refractivity contribution is 6.03. The van der Waals surface area contributed by atoms with Crippen molar-refractivity contribution in [3.05, 3.63) is 35.4 Å². The molecule has 1 amide bonds. The van der Waals surface area contributed by atoms with Crippen LogP contribution in [0.5, 0.6) is 6.01 Å². The number of amides is 1. The number of carbonyl (C=O) groups excluding carboxylic acids is 1. The number of carbonyl (C=O) groups is 1. The lowest BCUT2D eigenvalue weighted by Gasteiger charge is -2.31. The van der Waals surface area contributed by atoms with Gasteiger partial charge in [-0.25, -0.2) is 0 Å². The molecule has 8 heteroatoms. The predicted molar refractivity (Wildman–Crippen MR) is 122 cm³/mol. The van der Waals surface area contributed by atoms with Gasteiger partial charge in [0.25, 0.3) is 0 Å². The molecule has 2 aliphatic heterocycles. The van der Waals surface area contributed by atoms with Gasteiger partial charge in [0, 0.05) is 12.6 Å². The molecule has 0 saturated carbocycles. The Labute approximate surface area is 183 Å². The molecule has 1 fully saturated rings. The van der Waals surface area contributed by atoms with Gasteiger partial charge in [-0.15, -0.1) is 0 Å². The van der Waals surface area contributed by atoms with E-state index in [-0.39, 0.29) is 24.3 Å². The number of nitrogens with zero attached hydrogens (tertiary/aromatic N) is 4. The van der Waals surface area contributed by atoms with E-state index in [0.717, 1.165) is 31.5 Å². The molecule has 1 aromatic carbocycles. The number of nitrogens with two attached hydrogens (primary N) is 1. The lowest BCUT2D eigenvalue weighted by molar-refractivity contribution is -0.115. The highest BCUT2D eigenvalue weighted by Gasteiger charge is 2.28. The van der Waals surface area contributed by atoms with Crippen LogP contribution in [0.2, 0.25) is 0 Å². The van der Waals surface area contributed by atoms with Crippen molar-refractivity contribution in [2.75, 3.05) is 42.2 Å². The van der Waals surface area contributed by atoms with Gasteiger partial charge in [-0.1, -0.05) is 37.6 Å². The zero-order valence-electron chi connectivity index (χ0n) is 18.4. The first-order chi connectivity index (χ1) is 15.0. The number of likely N-dealkylation sites (tertiary alicyclic amines) is 1. The summed E-state index contributed by atoms with van der Waals surface area (Å²) in [4.78, 5) is 25.6. The second-order valence-corrected chi connectivity index (χ2v) is 8.36. The van der Waals surface area contributed by atoms with E-state index in [4.69, 9.17) is 10.5 Å². The smallest absolute Gasteiger partial charge is 0.320 e. The Balaban J connectivity index is 1.56. The van der Waals surface area contributed by atoms with Gasteiger partial charge in [-0.05, 0) is 50.4 Å². The molecule has 0 spiro atoms. The largest absolute Gasteiger partial charge is 0.463 e. The third kappa shape index (κ3) is 4.90. The van der Waals surface area contributed by atoms with Crippen LogP contribution in [0.15, 0.2) is 24.3 Å². The first kappa shape index (κ1) is 21.4. The number of aromatic nitrogens is 2. The topological polar surface area (TPSA) is 96.6 Å². The molecular formula is C23H32N6O2. The van der Waals surface area contributed by atoms with E-state index in [0.29, 0.717) is 30.7 Å². The molecule has 1 atom stereocenters. The monoisotopic (exact) mass is 424 g/mol. The molecule has 8 nitrogen and oxygen atoms in total. The van der Waals surface area contributed by atoms with E-state index in [1.807, 2.05) is 4.90 Å². The van der Waals surface area contributed by atoms with E-state index in [1.165, 1.54) is 18.4 Å². The minimum absolute atomic E-state index is 0.121. The molecule has 0 radical (unpaired) electrons. The Kier molecular flexibility index (Phi) is 6.56. The number of unbranched alkanes of at least 4 members (excludes halogenated alkanes) is 1. The van der Waals surface area contributed by atoms with Crippen molar-refractivity contribution in [2.24, 2.45) is 0 Å². The minimum atomic E-state index is -0.121. The number of ether oxygens (including phenoxy) is 1. The summed E-state index contributed by atoms with van der Waals surface area (Å²) in [5, 5.41) is 2.81. The quantitative estimate of drug-likeness (QED) is 0.627. The molecule has 1 unspecified atom stereocenters. The van der Waals surface area contributed by atoms with Gasteiger partial charge in [0.1, 0.15) is 5.69 Å². The van der Waals surface area contributed by atoms with Crippen LogP contribution in [0.4, 0.5) is 17.3 Å². The van der Waals surface area contributed by atoms with Crippen LogP contribution in [0, 0.1) is 0 Å². The van der Waals surface area contributed by atoms with Gasteiger partial charge in [-0.3, -0.25) is 9.69 Å². The number of rotatable bonds is 8. The lowest BCUT2D eigenvalue weighted by atomic mass is 10.0. The molecule has 1 aromatic heterocycles. The highest BCUT2D eigenvalue weighted by Crippen LogP contribution is 2.34. The van der Waals surface area contributed by atoms with Gasteiger partial charge >= 0.3 is 6.01 Å². The predicted octanol–water partition coefficient (Wildman–Crippen LogP) is 3.35. The van der Waals surface area contributed by atoms with Crippen molar-refractivity contribution in [2.45, 2.75) is 52.1 Å². The van der Waals surface area contributed by atoms with Gasteiger partial charge in [0.15, 0.2) is 11.6 Å². The van der Waals surface area contributed by atoms with Gasteiger partial charge < -0.3 is 20.7 Å². The Bertz CT molecular complexity index is 928. The number of anilines is 3. The van der Waals surface area contributed by atoms with E-state index in [2.05, 4.69) is 58.3 Å². The molecule has 3 heterocycles. The van der Waals surface area contributed by atoms with E-state index < -0.39 is 0 Å². The zero-order chi connectivity index (χ0) is 21.8. The number of benzene rings is 1. The molecule has 0 bridgehead atoms. The Hall–Kier alpha value is -2.87. The minimum Gasteiger partial charge on any atom is -0.463 e. The lowest BCUT2D eigenvalue weighted by Crippen LogP contribution is -2.39. The normalized spacial score (nSPS) is 17.4. The molecule has 31 heavy (non-hydrogen) atoms. The fourth-order valence-electron chi connectivity index (χ4n) is 4.24. The summed E-state index contributed by atoms with van der Waals surface area (Å²) >= 11 is 0. The summed E-state index contributed by atoms with van der Waals surface area (Å²) in [6, 6.07) is 9.24. The second-order valence-electron chi connectivity index (χ2n) is 8.36. The van der Waals surface area contributed by atoms with Crippen molar-refractivity contribution in [3.63, 3.8) is 0 Å². The number of nitrogen functional groups attached to an aromatic ring is 1. The van der Waals surface area contributed by atoms with E-state index in [9.17, 15) is 4.79 Å². The number of fused-ring (bicyclic) bond motifs is 1. The van der Waals surface area contributed by atoms with Gasteiger partial charge in [0.2, 0.25) is 5.91 Å². The van der Waals surface area contributed by atoms with Gasteiger partial charge in [-0.2, -0.15) is 9.97 Å². The van der Waals surface area contributed by atoms with Crippen molar-refractivity contribution in [3.8, 4) is 6.01 Å². The van der Waals surface area contributed by atoms with Crippen LogP contribution in [-0.2, 0) is 11.3 Å².